The zero-order valence-corrected chi connectivity index (χ0v) is 41.1. The van der Waals surface area contributed by atoms with Gasteiger partial charge in [-0.05, 0) is 115 Å². The summed E-state index contributed by atoms with van der Waals surface area (Å²) in [5.74, 6) is -3.61. The summed E-state index contributed by atoms with van der Waals surface area (Å²) in [4.78, 5) is 30.8. The summed E-state index contributed by atoms with van der Waals surface area (Å²) in [7, 11) is 0. The highest BCUT2D eigenvalue weighted by Gasteiger charge is 2.80. The average Bonchev–Trinajstić information content (AvgIpc) is 4.24. The highest BCUT2D eigenvalue weighted by molar-refractivity contribution is 5.90. The monoisotopic (exact) mass is 1060 g/mol. The fraction of sp³-hybridized carbons (Fsp3) is 0.382. The minimum Gasteiger partial charge on any atom is -0.508 e. The number of aromatic hydroxyl groups is 2. The minimum atomic E-state index is -2.82. The number of benzene rings is 3. The van der Waals surface area contributed by atoms with Crippen molar-refractivity contribution in [2.75, 3.05) is 32.1 Å². The number of allylic oxidation sites excluding steroid dienone is 3. The molecule has 0 unspecified atom stereocenters. The molecule has 2 saturated heterocycles. The van der Waals surface area contributed by atoms with E-state index in [-0.39, 0.29) is 53.5 Å². The van der Waals surface area contributed by atoms with Gasteiger partial charge in [-0.25, -0.2) is 4.79 Å². The van der Waals surface area contributed by atoms with E-state index < -0.39 is 106 Å². The Kier molecular flexibility index (Phi) is 12.0. The van der Waals surface area contributed by atoms with Gasteiger partial charge in [-0.15, -0.1) is 0 Å². The first kappa shape index (κ1) is 50.4. The van der Waals surface area contributed by atoms with E-state index in [1.807, 2.05) is 12.2 Å². The van der Waals surface area contributed by atoms with Gasteiger partial charge in [0.25, 0.3) is 0 Å². The molecule has 1 spiro atoms. The normalized spacial score (nSPS) is 32.1. The maximum Gasteiger partial charge on any atom is 0.336 e. The van der Waals surface area contributed by atoms with Crippen LogP contribution >= 0.6 is 0 Å². The van der Waals surface area contributed by atoms with Crippen LogP contribution in [-0.2, 0) is 9.53 Å². The molecule has 22 nitrogen and oxygen atoms in total. The standard InChI is InChI=1S/C55H58N6O16/c56-41-13-12-33(61-41)44(65)38(23-62)73-31-10-5-25(6-11-31)35-18-34(64)43-36(74-35)19-37(46(45(43)66)76-49(69)26-2-1-3-30(63)16-26)75-51-53(71)20-39-52(40-22-58-24-60-40,55(72,50(53)70)47(77-51)48(67)68)15-14-29-9-8-28-7-4-27-21-59-42(57)17-32(27)54(28,29)39/h1-3,5-6,10-20,28-29,38,40,44,47,49-51,58-63,65-66,69-72H,4,7-9,21-24,56-57H2,(H,67,68)/t28-,29+,38+,40+,44-,47-,49+,50+,51-,52-,53-,54+,55+/m1/s1. The summed E-state index contributed by atoms with van der Waals surface area (Å²) in [6, 6.07) is 15.9. The van der Waals surface area contributed by atoms with Crippen molar-refractivity contribution in [3.05, 3.63) is 141 Å². The predicted octanol–water partition coefficient (Wildman–Crippen LogP) is 1.86. The molecule has 0 amide bonds. The number of dihydropyridines is 1. The molecule has 7 aliphatic rings. The minimum absolute atomic E-state index is 0.0135. The lowest BCUT2D eigenvalue weighted by Gasteiger charge is -2.68. The number of aliphatic hydroxyl groups excluding tert-OH is 4. The van der Waals surface area contributed by atoms with E-state index in [2.05, 4.69) is 20.9 Å². The van der Waals surface area contributed by atoms with Crippen molar-refractivity contribution in [1.29, 1.82) is 0 Å². The summed E-state index contributed by atoms with van der Waals surface area (Å²) in [6.45, 7) is 0.378. The number of ether oxygens (including phenoxy) is 4. The Morgan fingerprint density at radius 2 is 1.78 bits per heavy atom. The van der Waals surface area contributed by atoms with Crippen molar-refractivity contribution in [1.82, 2.24) is 20.9 Å². The molecule has 1 saturated carbocycles. The van der Waals surface area contributed by atoms with E-state index in [1.165, 1.54) is 54.6 Å². The number of aliphatic carboxylic acids is 1. The molecule has 22 heteroatoms. The molecule has 404 valence electrons. The maximum atomic E-state index is 14.2. The summed E-state index contributed by atoms with van der Waals surface area (Å²) >= 11 is 0. The van der Waals surface area contributed by atoms with Gasteiger partial charge < -0.3 is 96.4 Å². The third-order valence-electron chi connectivity index (χ3n) is 17.0. The van der Waals surface area contributed by atoms with Gasteiger partial charge in [0, 0.05) is 60.2 Å². The third kappa shape index (κ3) is 7.49. The van der Waals surface area contributed by atoms with Crippen LogP contribution in [0.3, 0.4) is 0 Å². The fourth-order valence-electron chi connectivity index (χ4n) is 13.6. The third-order valence-corrected chi connectivity index (χ3v) is 17.0. The van der Waals surface area contributed by atoms with E-state index in [0.29, 0.717) is 41.4 Å². The molecule has 13 atom stereocenters. The molecule has 0 radical (unpaired) electrons. The summed E-state index contributed by atoms with van der Waals surface area (Å²) in [5.41, 5.74) is 5.83. The number of anilines is 1. The number of hydrogen-bond acceptors (Lipinski definition) is 20. The van der Waals surface area contributed by atoms with E-state index >= 15 is 0 Å². The van der Waals surface area contributed by atoms with E-state index in [1.54, 1.807) is 18.2 Å². The number of nitrogen functional groups attached to an aromatic ring is 1. The molecule has 4 aliphatic carbocycles. The number of aliphatic hydroxyl groups is 6. The lowest BCUT2D eigenvalue weighted by atomic mass is 9.40. The number of fused-ring (bicyclic) bond motifs is 5. The van der Waals surface area contributed by atoms with Crippen LogP contribution in [0.15, 0.2) is 129 Å². The molecule has 3 aliphatic heterocycles. The maximum absolute atomic E-state index is 14.2. The van der Waals surface area contributed by atoms with Crippen LogP contribution < -0.4 is 47.1 Å². The largest absolute Gasteiger partial charge is 0.508 e. The van der Waals surface area contributed by atoms with Crippen LogP contribution in [-0.4, -0.2) is 125 Å². The Balaban J connectivity index is 0.998. The van der Waals surface area contributed by atoms with Gasteiger partial charge in [0.15, 0.2) is 34.7 Å². The van der Waals surface area contributed by atoms with Crippen LogP contribution in [0.1, 0.15) is 49.3 Å². The first-order chi connectivity index (χ1) is 36.9. The first-order valence-corrected chi connectivity index (χ1v) is 25.4. The number of carboxylic acids is 1. The lowest BCUT2D eigenvalue weighted by molar-refractivity contribution is -0.355. The second-order valence-electron chi connectivity index (χ2n) is 21.0. The number of phenolic OH excluding ortho intramolecular Hbond substituents is 2. The van der Waals surface area contributed by atoms with Crippen molar-refractivity contribution in [2.24, 2.45) is 28.4 Å². The molecule has 3 fully saturated rings. The highest BCUT2D eigenvalue weighted by atomic mass is 16.7. The molecule has 3 aromatic carbocycles. The Hall–Kier alpha value is -7.38. The number of H-pyrrole nitrogens is 1. The van der Waals surface area contributed by atoms with E-state index in [4.69, 9.17) is 34.8 Å². The van der Waals surface area contributed by atoms with Crippen molar-refractivity contribution < 1.29 is 74.1 Å². The zero-order chi connectivity index (χ0) is 53.9. The average molecular weight is 1060 g/mol. The van der Waals surface area contributed by atoms with Gasteiger partial charge in [-0.2, -0.15) is 0 Å². The molecular weight excluding hydrogens is 1000 g/mol. The molecule has 5 heterocycles. The Bertz CT molecular complexity index is 3390. The van der Waals surface area contributed by atoms with Crippen LogP contribution in [0.25, 0.3) is 22.3 Å². The van der Waals surface area contributed by atoms with E-state index in [9.17, 15) is 55.5 Å². The highest BCUT2D eigenvalue weighted by Crippen LogP contribution is 2.73. The number of nitrogens with one attached hydrogen (secondary N) is 4. The smallest absolute Gasteiger partial charge is 0.336 e. The van der Waals surface area contributed by atoms with Crippen LogP contribution in [0, 0.1) is 22.7 Å². The van der Waals surface area contributed by atoms with Gasteiger partial charge >= 0.3 is 5.97 Å². The number of carboxylic acid groups (broad SMARTS) is 1. The Morgan fingerprint density at radius 1 is 0.974 bits per heavy atom. The Morgan fingerprint density at radius 3 is 2.49 bits per heavy atom. The summed E-state index contributed by atoms with van der Waals surface area (Å²) in [5, 5.41) is 115. The van der Waals surface area contributed by atoms with Crippen molar-refractivity contribution >= 4 is 22.8 Å². The van der Waals surface area contributed by atoms with Crippen LogP contribution in [0.2, 0.25) is 0 Å². The van der Waals surface area contributed by atoms with Crippen molar-refractivity contribution in [3.8, 4) is 40.1 Å². The number of phenols is 2. The van der Waals surface area contributed by atoms with Crippen LogP contribution in [0.4, 0.5) is 5.82 Å². The van der Waals surface area contributed by atoms with Crippen LogP contribution in [0.5, 0.6) is 28.7 Å². The number of rotatable bonds is 13. The zero-order valence-electron chi connectivity index (χ0n) is 41.1. The van der Waals surface area contributed by atoms with Crippen molar-refractivity contribution in [3.63, 3.8) is 0 Å². The quantitative estimate of drug-likeness (QED) is 0.0591. The molecule has 17 N–H and O–H groups in total. The molecule has 77 heavy (non-hydrogen) atoms. The topological polar surface area (TPSA) is 370 Å². The number of aromatic nitrogens is 1. The Labute approximate surface area is 438 Å². The molecular formula is C55H58N6O16. The number of aromatic amines is 1. The van der Waals surface area contributed by atoms with Gasteiger partial charge in [-0.1, -0.05) is 24.3 Å². The molecule has 5 aromatic rings. The summed E-state index contributed by atoms with van der Waals surface area (Å²) in [6.07, 6.45) is -1.28. The first-order valence-electron chi connectivity index (χ1n) is 25.4. The second kappa shape index (κ2) is 18.4. The second-order valence-corrected chi connectivity index (χ2v) is 21.0. The number of nitrogens with two attached hydrogens (primary N) is 2. The van der Waals surface area contributed by atoms with Gasteiger partial charge in [0.05, 0.1) is 17.8 Å². The van der Waals surface area contributed by atoms with Gasteiger partial charge in [0.2, 0.25) is 18.3 Å². The van der Waals surface area contributed by atoms with E-state index in [0.717, 1.165) is 42.5 Å². The molecule has 2 aromatic heterocycles. The predicted molar refractivity (Wildman–Crippen MR) is 272 cm³/mol. The summed E-state index contributed by atoms with van der Waals surface area (Å²) < 4.78 is 30.9. The number of carbonyl (C=O) groups is 1. The van der Waals surface area contributed by atoms with Gasteiger partial charge in [0.1, 0.15) is 51.9 Å². The van der Waals surface area contributed by atoms with Crippen molar-refractivity contribution in [2.45, 2.75) is 79.9 Å². The number of hydrogen-bond donors (Lipinski definition) is 15. The van der Waals surface area contributed by atoms with Gasteiger partial charge in [-0.3, -0.25) is 10.1 Å². The lowest BCUT2D eigenvalue weighted by Crippen LogP contribution is -2.84. The fourth-order valence-corrected chi connectivity index (χ4v) is 13.6. The SMILES string of the molecule is NC1=CC2=C(CC[C@@H]3CC[C@H]4C=C[C@]5([C@@H]6CNCN6)C(=C[C@]6(O)[C@H](Oc7cc8oc(-c9ccc(O[C@@H](CO)[C@H](O)c%10ccc(N)[nH]%10)cc9)cc(=O)c8c(O)c7O[C@H](O)c7cccc(O)c7)O[C@H](C(=O)O)[C@]5(O)[C@H]6O)[C@@]234)CN1. The molecule has 2 bridgehead atoms. The molecule has 12 rings (SSSR count).